The second-order valence-electron chi connectivity index (χ2n) is 2.50. The fourth-order valence-electron chi connectivity index (χ4n) is 1.00. The first-order valence-corrected chi connectivity index (χ1v) is 4.16. The molecule has 5 heteroatoms. The number of esters is 1. The average molecular weight is 196 g/mol. The fraction of sp³-hybridized carbons (Fsp3) is 0.333. The predicted molar refractivity (Wildman–Crippen MR) is 51.2 cm³/mol. The third-order valence-electron chi connectivity index (χ3n) is 1.64. The number of hydrogen-bond acceptors (Lipinski definition) is 5. The molecule has 0 saturated carbocycles. The first-order valence-electron chi connectivity index (χ1n) is 4.16. The van der Waals surface area contributed by atoms with Crippen LogP contribution in [-0.2, 0) is 4.74 Å². The summed E-state index contributed by atoms with van der Waals surface area (Å²) in [6.07, 6.45) is 1.45. The molecule has 14 heavy (non-hydrogen) atoms. The number of nitrogen functional groups attached to an aromatic ring is 1. The zero-order valence-corrected chi connectivity index (χ0v) is 8.11. The summed E-state index contributed by atoms with van der Waals surface area (Å²) in [5.74, 6) is -0.235. The average Bonchev–Trinajstić information content (AvgIpc) is 2.18. The van der Waals surface area contributed by atoms with E-state index in [1.54, 1.807) is 6.92 Å². The fourth-order valence-corrected chi connectivity index (χ4v) is 1.00. The van der Waals surface area contributed by atoms with Gasteiger partial charge in [-0.25, -0.2) is 9.78 Å². The molecule has 0 unspecified atom stereocenters. The van der Waals surface area contributed by atoms with Crippen molar-refractivity contribution in [3.05, 3.63) is 17.8 Å². The van der Waals surface area contributed by atoms with Gasteiger partial charge in [0.15, 0.2) is 0 Å². The minimum absolute atomic E-state index is 0.202. The third kappa shape index (κ3) is 1.93. The van der Waals surface area contributed by atoms with E-state index in [1.807, 2.05) is 0 Å². The van der Waals surface area contributed by atoms with Crippen LogP contribution in [0.25, 0.3) is 0 Å². The molecule has 0 aliphatic rings. The van der Waals surface area contributed by atoms with Crippen LogP contribution >= 0.6 is 0 Å². The Kier molecular flexibility index (Phi) is 3.28. The molecule has 0 aliphatic carbocycles. The van der Waals surface area contributed by atoms with E-state index < -0.39 is 5.97 Å². The number of methoxy groups -OCH3 is 1. The maximum absolute atomic E-state index is 11.3. The monoisotopic (exact) mass is 196 g/mol. The molecule has 0 spiro atoms. The largest absolute Gasteiger partial charge is 0.480 e. The normalized spacial score (nSPS) is 9.57. The van der Waals surface area contributed by atoms with Crippen LogP contribution < -0.4 is 10.5 Å². The van der Waals surface area contributed by atoms with Gasteiger partial charge in [-0.15, -0.1) is 0 Å². The van der Waals surface area contributed by atoms with E-state index in [4.69, 9.17) is 15.2 Å². The Labute approximate surface area is 81.8 Å². The van der Waals surface area contributed by atoms with Crippen molar-refractivity contribution < 1.29 is 14.3 Å². The highest BCUT2D eigenvalue weighted by Crippen LogP contribution is 2.22. The number of hydrogen-bond donors (Lipinski definition) is 1. The van der Waals surface area contributed by atoms with Crippen molar-refractivity contribution in [3.8, 4) is 5.88 Å². The molecule has 76 valence electrons. The van der Waals surface area contributed by atoms with Crippen molar-refractivity contribution in [1.29, 1.82) is 0 Å². The molecule has 2 N–H and O–H groups in total. The molecule has 1 heterocycles. The Morgan fingerprint density at radius 1 is 1.64 bits per heavy atom. The van der Waals surface area contributed by atoms with Crippen LogP contribution in [0, 0.1) is 0 Å². The van der Waals surface area contributed by atoms with Crippen molar-refractivity contribution in [2.75, 3.05) is 19.5 Å². The van der Waals surface area contributed by atoms with Crippen LogP contribution in [-0.4, -0.2) is 24.7 Å². The van der Waals surface area contributed by atoms with Gasteiger partial charge in [-0.05, 0) is 13.0 Å². The molecule has 0 atom stereocenters. The minimum atomic E-state index is -0.467. The van der Waals surface area contributed by atoms with Crippen molar-refractivity contribution in [2.24, 2.45) is 0 Å². The van der Waals surface area contributed by atoms with Gasteiger partial charge >= 0.3 is 5.97 Å². The number of pyridine rings is 1. The molecule has 5 nitrogen and oxygen atoms in total. The minimum Gasteiger partial charge on any atom is -0.480 e. The van der Waals surface area contributed by atoms with Crippen LogP contribution in [0.3, 0.4) is 0 Å². The highest BCUT2D eigenvalue weighted by molar-refractivity contribution is 5.96. The molecule has 0 amide bonds. The number of aromatic nitrogens is 1. The van der Waals surface area contributed by atoms with Crippen LogP contribution in [0.1, 0.15) is 17.3 Å². The lowest BCUT2D eigenvalue weighted by molar-refractivity contribution is 0.0527. The van der Waals surface area contributed by atoms with Gasteiger partial charge in [0.1, 0.15) is 5.69 Å². The van der Waals surface area contributed by atoms with Crippen molar-refractivity contribution in [3.63, 3.8) is 0 Å². The van der Waals surface area contributed by atoms with E-state index in [1.165, 1.54) is 19.4 Å². The lowest BCUT2D eigenvalue weighted by Crippen LogP contribution is -2.09. The zero-order chi connectivity index (χ0) is 10.6. The van der Waals surface area contributed by atoms with Gasteiger partial charge in [0.25, 0.3) is 0 Å². The molecule has 0 aliphatic heterocycles. The number of nitrogens with two attached hydrogens (primary N) is 1. The summed E-state index contributed by atoms with van der Waals surface area (Å²) in [4.78, 5) is 15.2. The lowest BCUT2D eigenvalue weighted by Gasteiger charge is -2.07. The Bertz CT molecular complexity index is 339. The smallest absolute Gasteiger partial charge is 0.340 e. The standard InChI is InChI=1S/C9H12N2O3/c1-3-14-9(12)6-4-5-11-8(13-2)7(6)10/h4-5H,3,10H2,1-2H3. The summed E-state index contributed by atoms with van der Waals surface area (Å²) >= 11 is 0. The molecule has 0 radical (unpaired) electrons. The van der Waals surface area contributed by atoms with Crippen molar-refractivity contribution in [2.45, 2.75) is 6.92 Å². The Morgan fingerprint density at radius 3 is 2.93 bits per heavy atom. The van der Waals surface area contributed by atoms with E-state index >= 15 is 0 Å². The maximum Gasteiger partial charge on any atom is 0.340 e. The SMILES string of the molecule is CCOC(=O)c1ccnc(OC)c1N. The second kappa shape index (κ2) is 4.45. The summed E-state index contributed by atoms with van der Waals surface area (Å²) in [6, 6.07) is 1.50. The molecule has 0 saturated heterocycles. The topological polar surface area (TPSA) is 74.4 Å². The van der Waals surface area contributed by atoms with Crippen LogP contribution in [0.2, 0.25) is 0 Å². The van der Waals surface area contributed by atoms with Gasteiger partial charge < -0.3 is 15.2 Å². The van der Waals surface area contributed by atoms with Crippen LogP contribution in [0.5, 0.6) is 5.88 Å². The Hall–Kier alpha value is -1.78. The quantitative estimate of drug-likeness (QED) is 0.725. The molecule has 1 rings (SSSR count). The highest BCUT2D eigenvalue weighted by Gasteiger charge is 2.14. The van der Waals surface area contributed by atoms with Gasteiger partial charge in [0.05, 0.1) is 19.3 Å². The summed E-state index contributed by atoms with van der Waals surface area (Å²) in [6.45, 7) is 2.04. The van der Waals surface area contributed by atoms with E-state index in [9.17, 15) is 4.79 Å². The summed E-state index contributed by atoms with van der Waals surface area (Å²) in [5.41, 5.74) is 6.12. The summed E-state index contributed by atoms with van der Waals surface area (Å²) < 4.78 is 9.68. The number of rotatable bonds is 3. The van der Waals surface area contributed by atoms with E-state index in [2.05, 4.69) is 4.98 Å². The lowest BCUT2D eigenvalue weighted by atomic mass is 10.2. The van der Waals surface area contributed by atoms with Gasteiger partial charge in [-0.3, -0.25) is 0 Å². The Morgan fingerprint density at radius 2 is 2.36 bits per heavy atom. The molecule has 0 aromatic carbocycles. The number of carbonyl (C=O) groups excluding carboxylic acids is 1. The van der Waals surface area contributed by atoms with Gasteiger partial charge in [0.2, 0.25) is 5.88 Å². The van der Waals surface area contributed by atoms with E-state index in [-0.39, 0.29) is 17.1 Å². The first kappa shape index (κ1) is 10.3. The first-order chi connectivity index (χ1) is 6.70. The molecule has 0 fully saturated rings. The number of anilines is 1. The predicted octanol–water partition coefficient (Wildman–Crippen LogP) is 0.849. The van der Waals surface area contributed by atoms with Gasteiger partial charge in [0, 0.05) is 6.20 Å². The highest BCUT2D eigenvalue weighted by atomic mass is 16.5. The molecule has 0 bridgehead atoms. The molecule has 1 aromatic rings. The second-order valence-corrected chi connectivity index (χ2v) is 2.50. The number of ether oxygens (including phenoxy) is 2. The van der Waals surface area contributed by atoms with Crippen LogP contribution in [0.4, 0.5) is 5.69 Å². The molecule has 1 aromatic heterocycles. The maximum atomic E-state index is 11.3. The van der Waals surface area contributed by atoms with Gasteiger partial charge in [-0.1, -0.05) is 0 Å². The zero-order valence-electron chi connectivity index (χ0n) is 8.11. The number of carbonyl (C=O) groups is 1. The van der Waals surface area contributed by atoms with Crippen molar-refractivity contribution in [1.82, 2.24) is 4.98 Å². The third-order valence-corrected chi connectivity index (χ3v) is 1.64. The summed E-state index contributed by atoms with van der Waals surface area (Å²) in [7, 11) is 1.44. The van der Waals surface area contributed by atoms with E-state index in [0.717, 1.165) is 0 Å². The van der Waals surface area contributed by atoms with Gasteiger partial charge in [-0.2, -0.15) is 0 Å². The summed E-state index contributed by atoms with van der Waals surface area (Å²) in [5, 5.41) is 0. The van der Waals surface area contributed by atoms with Crippen molar-refractivity contribution >= 4 is 11.7 Å². The number of nitrogens with zero attached hydrogens (tertiary/aromatic N) is 1. The Balaban J connectivity index is 3.03. The molecular formula is C9H12N2O3. The van der Waals surface area contributed by atoms with E-state index in [0.29, 0.717) is 6.61 Å². The van der Waals surface area contributed by atoms with Crippen LogP contribution in [0.15, 0.2) is 12.3 Å². The molecular weight excluding hydrogens is 184 g/mol.